The molecule has 1 atom stereocenters. The minimum absolute atomic E-state index is 0.0655. The van der Waals surface area contributed by atoms with Crippen molar-refractivity contribution in [3.05, 3.63) is 81.0 Å². The monoisotopic (exact) mass is 376 g/mol. The Kier molecular flexibility index (Phi) is 4.55. The quantitative estimate of drug-likeness (QED) is 0.586. The maximum atomic E-state index is 13.2. The number of amides is 1. The molecule has 1 unspecified atom stereocenters. The molecular formula is C22H20N2O4. The Hall–Kier alpha value is -3.28. The van der Waals surface area contributed by atoms with Gasteiger partial charge in [0.25, 0.3) is 5.69 Å². The predicted molar refractivity (Wildman–Crippen MR) is 105 cm³/mol. The van der Waals surface area contributed by atoms with Crippen molar-refractivity contribution < 1.29 is 14.5 Å². The van der Waals surface area contributed by atoms with E-state index in [1.165, 1.54) is 12.1 Å². The van der Waals surface area contributed by atoms with E-state index in [1.807, 2.05) is 37.3 Å². The molecule has 0 aromatic heterocycles. The third kappa shape index (κ3) is 3.01. The van der Waals surface area contributed by atoms with Gasteiger partial charge in [-0.1, -0.05) is 36.4 Å². The number of non-ortho nitro benzene ring substituents is 1. The molecule has 6 nitrogen and oxygen atoms in total. The summed E-state index contributed by atoms with van der Waals surface area (Å²) in [6.07, 6.45) is 1.93. The predicted octanol–water partition coefficient (Wildman–Crippen LogP) is 4.43. The largest absolute Gasteiger partial charge is 0.294 e. The Morgan fingerprint density at radius 3 is 2.54 bits per heavy atom. The summed E-state index contributed by atoms with van der Waals surface area (Å²) in [5, 5.41) is 11.2. The summed E-state index contributed by atoms with van der Waals surface area (Å²) < 4.78 is 0. The molecule has 4 rings (SSSR count). The molecule has 0 spiro atoms. The first kappa shape index (κ1) is 18.1. The van der Waals surface area contributed by atoms with Crippen LogP contribution in [0.3, 0.4) is 0 Å². The number of Topliss-reactive ketones (excluding diaryl/α,β-unsaturated/α-hetero) is 1. The fourth-order valence-corrected chi connectivity index (χ4v) is 4.19. The number of nitro benzene ring substituents is 1. The SMILES string of the molecule is Cc1ccc([N+](=O)[O-])cc1N1C(=O)CC(c2ccccc2)C2=C1CCCC2=O. The molecule has 2 aromatic carbocycles. The van der Waals surface area contributed by atoms with Crippen LogP contribution in [0.15, 0.2) is 59.8 Å². The van der Waals surface area contributed by atoms with E-state index in [2.05, 4.69) is 0 Å². The molecule has 0 fully saturated rings. The zero-order valence-corrected chi connectivity index (χ0v) is 15.6. The number of hydrogen-bond acceptors (Lipinski definition) is 4. The molecule has 6 heteroatoms. The summed E-state index contributed by atoms with van der Waals surface area (Å²) in [5.74, 6) is -0.326. The lowest BCUT2D eigenvalue weighted by Crippen LogP contribution is -2.40. The molecule has 2 aliphatic rings. The van der Waals surface area contributed by atoms with Gasteiger partial charge in [0.1, 0.15) is 0 Å². The van der Waals surface area contributed by atoms with E-state index >= 15 is 0 Å². The number of carbonyl (C=O) groups excluding carboxylic acids is 2. The number of allylic oxidation sites excluding steroid dienone is 2. The van der Waals surface area contributed by atoms with Crippen molar-refractivity contribution in [3.63, 3.8) is 0 Å². The van der Waals surface area contributed by atoms with Crippen LogP contribution in [0.5, 0.6) is 0 Å². The number of carbonyl (C=O) groups is 2. The van der Waals surface area contributed by atoms with Crippen LogP contribution in [0.2, 0.25) is 0 Å². The van der Waals surface area contributed by atoms with Crippen LogP contribution in [0.1, 0.15) is 42.7 Å². The van der Waals surface area contributed by atoms with Crippen molar-refractivity contribution in [1.82, 2.24) is 0 Å². The van der Waals surface area contributed by atoms with E-state index in [4.69, 9.17) is 0 Å². The van der Waals surface area contributed by atoms with E-state index in [0.717, 1.165) is 11.1 Å². The Bertz CT molecular complexity index is 1010. The van der Waals surface area contributed by atoms with Crippen LogP contribution in [-0.4, -0.2) is 16.6 Å². The number of ketones is 1. The van der Waals surface area contributed by atoms with Crippen LogP contribution in [0, 0.1) is 17.0 Å². The van der Waals surface area contributed by atoms with Gasteiger partial charge in [0, 0.05) is 42.2 Å². The van der Waals surface area contributed by atoms with Crippen LogP contribution >= 0.6 is 0 Å². The number of hydrogen-bond donors (Lipinski definition) is 0. The molecule has 2 aromatic rings. The average Bonchev–Trinajstić information content (AvgIpc) is 2.69. The van der Waals surface area contributed by atoms with E-state index in [0.29, 0.717) is 36.2 Å². The summed E-state index contributed by atoms with van der Waals surface area (Å²) in [6.45, 7) is 1.82. The summed E-state index contributed by atoms with van der Waals surface area (Å²) >= 11 is 0. The fourth-order valence-electron chi connectivity index (χ4n) is 4.19. The number of aryl methyl sites for hydroxylation is 1. The van der Waals surface area contributed by atoms with Crippen molar-refractivity contribution in [1.29, 1.82) is 0 Å². The summed E-state index contributed by atoms with van der Waals surface area (Å²) in [5.41, 5.74) is 3.53. The molecule has 1 amide bonds. The molecule has 1 heterocycles. The minimum Gasteiger partial charge on any atom is -0.294 e. The van der Waals surface area contributed by atoms with Gasteiger partial charge in [-0.2, -0.15) is 0 Å². The molecule has 1 aliphatic heterocycles. The Balaban J connectivity index is 1.89. The van der Waals surface area contributed by atoms with E-state index < -0.39 is 4.92 Å². The van der Waals surface area contributed by atoms with Crippen molar-refractivity contribution in [3.8, 4) is 0 Å². The van der Waals surface area contributed by atoms with E-state index in [1.54, 1.807) is 11.0 Å². The van der Waals surface area contributed by atoms with E-state index in [9.17, 15) is 19.7 Å². The first-order chi connectivity index (χ1) is 13.5. The molecular weight excluding hydrogens is 356 g/mol. The number of anilines is 1. The van der Waals surface area contributed by atoms with Crippen molar-refractivity contribution in [2.75, 3.05) is 4.90 Å². The molecule has 142 valence electrons. The second-order valence-electron chi connectivity index (χ2n) is 7.26. The van der Waals surface area contributed by atoms with Gasteiger partial charge in [0.05, 0.1) is 10.6 Å². The van der Waals surface area contributed by atoms with Gasteiger partial charge < -0.3 is 0 Å². The van der Waals surface area contributed by atoms with Gasteiger partial charge in [-0.25, -0.2) is 0 Å². The highest BCUT2D eigenvalue weighted by Gasteiger charge is 2.40. The average molecular weight is 376 g/mol. The second kappa shape index (κ2) is 7.03. The van der Waals surface area contributed by atoms with Crippen LogP contribution in [0.25, 0.3) is 0 Å². The Morgan fingerprint density at radius 1 is 1.07 bits per heavy atom. The topological polar surface area (TPSA) is 80.5 Å². The molecule has 0 radical (unpaired) electrons. The van der Waals surface area contributed by atoms with Crippen molar-refractivity contribution in [2.45, 2.75) is 38.5 Å². The van der Waals surface area contributed by atoms with Crippen LogP contribution in [0.4, 0.5) is 11.4 Å². The third-order valence-corrected chi connectivity index (χ3v) is 5.52. The van der Waals surface area contributed by atoms with Gasteiger partial charge >= 0.3 is 0 Å². The lowest BCUT2D eigenvalue weighted by molar-refractivity contribution is -0.384. The van der Waals surface area contributed by atoms with E-state index in [-0.39, 0.29) is 29.7 Å². The smallest absolute Gasteiger partial charge is 0.271 e. The van der Waals surface area contributed by atoms with Crippen LogP contribution in [-0.2, 0) is 9.59 Å². The highest BCUT2D eigenvalue weighted by Crippen LogP contribution is 2.44. The maximum Gasteiger partial charge on any atom is 0.271 e. The van der Waals surface area contributed by atoms with Crippen molar-refractivity contribution >= 4 is 23.1 Å². The van der Waals surface area contributed by atoms with Gasteiger partial charge in [0.15, 0.2) is 5.78 Å². The maximum absolute atomic E-state index is 13.2. The summed E-state index contributed by atoms with van der Waals surface area (Å²) in [7, 11) is 0. The number of benzene rings is 2. The number of nitro groups is 1. The molecule has 0 saturated carbocycles. The molecule has 28 heavy (non-hydrogen) atoms. The zero-order chi connectivity index (χ0) is 19.8. The summed E-state index contributed by atoms with van der Waals surface area (Å²) in [6, 6.07) is 14.1. The highest BCUT2D eigenvalue weighted by atomic mass is 16.6. The molecule has 0 N–H and O–H groups in total. The molecule has 1 aliphatic carbocycles. The number of nitrogens with zero attached hydrogens (tertiary/aromatic N) is 2. The normalized spacial score (nSPS) is 19.6. The van der Waals surface area contributed by atoms with Gasteiger partial charge in [-0.05, 0) is 30.9 Å². The van der Waals surface area contributed by atoms with Crippen molar-refractivity contribution in [2.24, 2.45) is 0 Å². The standard InChI is InChI=1S/C22H20N2O4/c1-14-10-11-16(24(27)28)12-19(14)23-18-8-5-9-20(25)22(18)17(13-21(23)26)15-6-3-2-4-7-15/h2-4,6-7,10-12,17H,5,8-9,13H2,1H3. The molecule has 0 saturated heterocycles. The van der Waals surface area contributed by atoms with Gasteiger partial charge in [-0.15, -0.1) is 0 Å². The zero-order valence-electron chi connectivity index (χ0n) is 15.6. The summed E-state index contributed by atoms with van der Waals surface area (Å²) in [4.78, 5) is 38.4. The van der Waals surface area contributed by atoms with Gasteiger partial charge in [0.2, 0.25) is 5.91 Å². The number of rotatable bonds is 3. The van der Waals surface area contributed by atoms with Gasteiger partial charge in [-0.3, -0.25) is 24.6 Å². The fraction of sp³-hybridized carbons (Fsp3) is 0.273. The Labute approximate surface area is 162 Å². The first-order valence-electron chi connectivity index (χ1n) is 9.36. The minimum atomic E-state index is -0.467. The van der Waals surface area contributed by atoms with Crippen LogP contribution < -0.4 is 4.90 Å². The lowest BCUT2D eigenvalue weighted by atomic mass is 9.77. The first-order valence-corrected chi connectivity index (χ1v) is 9.36. The highest BCUT2D eigenvalue weighted by molar-refractivity contribution is 6.07. The lowest BCUT2D eigenvalue weighted by Gasteiger charge is -2.38. The second-order valence-corrected chi connectivity index (χ2v) is 7.26. The Morgan fingerprint density at radius 2 is 1.82 bits per heavy atom. The third-order valence-electron chi connectivity index (χ3n) is 5.52. The molecule has 0 bridgehead atoms.